The van der Waals surface area contributed by atoms with Crippen molar-refractivity contribution in [2.45, 2.75) is 39.2 Å². The first kappa shape index (κ1) is 12.0. The van der Waals surface area contributed by atoms with Crippen molar-refractivity contribution >= 4 is 11.5 Å². The van der Waals surface area contributed by atoms with Gasteiger partial charge in [0.25, 0.3) is 0 Å². The van der Waals surface area contributed by atoms with E-state index >= 15 is 0 Å². The quantitative estimate of drug-likeness (QED) is 0.864. The third-order valence-corrected chi connectivity index (χ3v) is 3.23. The molecule has 1 aromatic rings. The standard InChI is InChI=1S/C12H20N4O/c1-3-9-6-5-7-16(9)11-10(13)12(17-4-2)15-8-14-11/h8-9H,3-7,13H2,1-2H3. The Hall–Kier alpha value is -1.52. The fourth-order valence-electron chi connectivity index (χ4n) is 2.39. The van der Waals surface area contributed by atoms with Crippen LogP contribution in [0.25, 0.3) is 0 Å². The number of ether oxygens (including phenoxy) is 1. The van der Waals surface area contributed by atoms with E-state index in [2.05, 4.69) is 21.8 Å². The van der Waals surface area contributed by atoms with Gasteiger partial charge in [0.1, 0.15) is 12.0 Å². The lowest BCUT2D eigenvalue weighted by Gasteiger charge is -2.26. The van der Waals surface area contributed by atoms with Crippen molar-refractivity contribution in [1.29, 1.82) is 0 Å². The third-order valence-electron chi connectivity index (χ3n) is 3.23. The minimum atomic E-state index is 0.499. The maximum Gasteiger partial charge on any atom is 0.242 e. The minimum absolute atomic E-state index is 0.499. The SMILES string of the molecule is CCOc1ncnc(N2CCCC2CC)c1N. The first-order valence-electron chi connectivity index (χ1n) is 6.27. The zero-order valence-corrected chi connectivity index (χ0v) is 10.5. The Morgan fingerprint density at radius 2 is 2.29 bits per heavy atom. The van der Waals surface area contributed by atoms with Gasteiger partial charge in [0.2, 0.25) is 5.88 Å². The molecule has 1 aromatic heterocycles. The molecule has 2 heterocycles. The van der Waals surface area contributed by atoms with E-state index in [0.717, 1.165) is 18.8 Å². The van der Waals surface area contributed by atoms with E-state index in [9.17, 15) is 0 Å². The Bertz CT molecular complexity index is 383. The van der Waals surface area contributed by atoms with Crippen molar-refractivity contribution in [3.05, 3.63) is 6.33 Å². The molecule has 1 aliphatic rings. The highest BCUT2D eigenvalue weighted by Gasteiger charge is 2.26. The molecule has 1 saturated heterocycles. The van der Waals surface area contributed by atoms with Crippen LogP contribution in [0.15, 0.2) is 6.33 Å². The molecule has 0 spiro atoms. The van der Waals surface area contributed by atoms with Crippen LogP contribution in [0.3, 0.4) is 0 Å². The van der Waals surface area contributed by atoms with Gasteiger partial charge in [-0.15, -0.1) is 0 Å². The summed E-state index contributed by atoms with van der Waals surface area (Å²) in [5.41, 5.74) is 6.64. The molecule has 0 amide bonds. The van der Waals surface area contributed by atoms with Crippen molar-refractivity contribution in [3.63, 3.8) is 0 Å². The second kappa shape index (κ2) is 5.21. The molecule has 0 bridgehead atoms. The summed E-state index contributed by atoms with van der Waals surface area (Å²) in [6, 6.07) is 0.543. The van der Waals surface area contributed by atoms with E-state index in [1.807, 2.05) is 6.92 Å². The number of nitrogens with two attached hydrogens (primary N) is 1. The van der Waals surface area contributed by atoms with Crippen LogP contribution in [0.4, 0.5) is 11.5 Å². The second-order valence-electron chi connectivity index (χ2n) is 4.25. The van der Waals surface area contributed by atoms with E-state index in [1.54, 1.807) is 0 Å². The molecule has 0 aliphatic carbocycles. The van der Waals surface area contributed by atoms with Gasteiger partial charge >= 0.3 is 0 Å². The summed E-state index contributed by atoms with van der Waals surface area (Å²) in [5.74, 6) is 1.33. The Kier molecular flexibility index (Phi) is 3.66. The van der Waals surface area contributed by atoms with Crippen molar-refractivity contribution in [3.8, 4) is 5.88 Å². The summed E-state index contributed by atoms with van der Waals surface area (Å²) in [6.07, 6.45) is 5.06. The number of nitrogens with zero attached hydrogens (tertiary/aromatic N) is 3. The summed E-state index contributed by atoms with van der Waals surface area (Å²) in [6.45, 7) is 5.71. The summed E-state index contributed by atoms with van der Waals surface area (Å²) >= 11 is 0. The molecule has 2 N–H and O–H groups in total. The zero-order valence-electron chi connectivity index (χ0n) is 10.5. The lowest BCUT2D eigenvalue weighted by molar-refractivity contribution is 0.328. The lowest BCUT2D eigenvalue weighted by Crippen LogP contribution is -2.30. The van der Waals surface area contributed by atoms with Gasteiger partial charge in [-0.05, 0) is 26.2 Å². The van der Waals surface area contributed by atoms with Gasteiger partial charge in [-0.25, -0.2) is 4.98 Å². The Morgan fingerprint density at radius 3 is 3.00 bits per heavy atom. The molecule has 0 aromatic carbocycles. The number of hydrogen-bond donors (Lipinski definition) is 1. The predicted molar refractivity (Wildman–Crippen MR) is 68.3 cm³/mol. The minimum Gasteiger partial charge on any atom is -0.476 e. The molecule has 94 valence electrons. The highest BCUT2D eigenvalue weighted by atomic mass is 16.5. The van der Waals surface area contributed by atoms with Crippen LogP contribution in [-0.2, 0) is 0 Å². The largest absolute Gasteiger partial charge is 0.476 e. The summed E-state index contributed by atoms with van der Waals surface area (Å²) in [4.78, 5) is 10.7. The molecule has 5 nitrogen and oxygen atoms in total. The molecular weight excluding hydrogens is 216 g/mol. The Labute approximate surface area is 102 Å². The number of hydrogen-bond acceptors (Lipinski definition) is 5. The van der Waals surface area contributed by atoms with E-state index in [1.165, 1.54) is 19.2 Å². The molecule has 17 heavy (non-hydrogen) atoms. The first-order chi connectivity index (χ1) is 8.27. The molecule has 5 heteroatoms. The number of nitrogen functional groups attached to an aromatic ring is 1. The topological polar surface area (TPSA) is 64.3 Å². The molecular formula is C12H20N4O. The average Bonchev–Trinajstić information content (AvgIpc) is 2.80. The maximum absolute atomic E-state index is 6.07. The fraction of sp³-hybridized carbons (Fsp3) is 0.667. The summed E-state index contributed by atoms with van der Waals surface area (Å²) < 4.78 is 5.40. The number of rotatable bonds is 4. The fourth-order valence-corrected chi connectivity index (χ4v) is 2.39. The van der Waals surface area contributed by atoms with Gasteiger partial charge in [-0.1, -0.05) is 6.92 Å². The van der Waals surface area contributed by atoms with E-state index < -0.39 is 0 Å². The van der Waals surface area contributed by atoms with Crippen LogP contribution in [0.2, 0.25) is 0 Å². The monoisotopic (exact) mass is 236 g/mol. The second-order valence-corrected chi connectivity index (χ2v) is 4.25. The van der Waals surface area contributed by atoms with Gasteiger partial charge in [0.05, 0.1) is 6.61 Å². The van der Waals surface area contributed by atoms with Crippen LogP contribution in [0.1, 0.15) is 33.1 Å². The van der Waals surface area contributed by atoms with Gasteiger partial charge in [0, 0.05) is 12.6 Å². The highest BCUT2D eigenvalue weighted by Crippen LogP contribution is 2.33. The highest BCUT2D eigenvalue weighted by molar-refractivity contribution is 5.68. The van der Waals surface area contributed by atoms with Crippen LogP contribution in [0, 0.1) is 0 Å². The maximum atomic E-state index is 6.07. The zero-order chi connectivity index (χ0) is 12.3. The lowest BCUT2D eigenvalue weighted by atomic mass is 10.2. The molecule has 1 fully saturated rings. The van der Waals surface area contributed by atoms with Gasteiger partial charge in [-0.2, -0.15) is 4.98 Å². The molecule has 0 radical (unpaired) electrons. The summed E-state index contributed by atoms with van der Waals surface area (Å²) in [7, 11) is 0. The number of anilines is 2. The normalized spacial score (nSPS) is 19.6. The Balaban J connectivity index is 2.28. The van der Waals surface area contributed by atoms with Crippen molar-refractivity contribution in [1.82, 2.24) is 9.97 Å². The predicted octanol–water partition coefficient (Wildman–Crippen LogP) is 1.84. The molecule has 1 atom stereocenters. The van der Waals surface area contributed by atoms with E-state index in [-0.39, 0.29) is 0 Å². The van der Waals surface area contributed by atoms with Gasteiger partial charge in [-0.3, -0.25) is 0 Å². The smallest absolute Gasteiger partial charge is 0.242 e. The molecule has 1 unspecified atom stereocenters. The molecule has 1 aliphatic heterocycles. The van der Waals surface area contributed by atoms with Gasteiger partial charge < -0.3 is 15.4 Å². The first-order valence-corrected chi connectivity index (χ1v) is 6.27. The van der Waals surface area contributed by atoms with Crippen molar-refractivity contribution < 1.29 is 4.74 Å². The number of aromatic nitrogens is 2. The van der Waals surface area contributed by atoms with Crippen LogP contribution in [0.5, 0.6) is 5.88 Å². The van der Waals surface area contributed by atoms with E-state index in [0.29, 0.717) is 24.2 Å². The molecule has 0 saturated carbocycles. The van der Waals surface area contributed by atoms with Crippen molar-refractivity contribution in [2.24, 2.45) is 0 Å². The molecule has 2 rings (SSSR count). The average molecular weight is 236 g/mol. The van der Waals surface area contributed by atoms with E-state index in [4.69, 9.17) is 10.5 Å². The third kappa shape index (κ3) is 2.28. The van der Waals surface area contributed by atoms with Gasteiger partial charge in [0.15, 0.2) is 5.82 Å². The van der Waals surface area contributed by atoms with Crippen LogP contribution < -0.4 is 15.4 Å². The van der Waals surface area contributed by atoms with Crippen LogP contribution >= 0.6 is 0 Å². The summed E-state index contributed by atoms with van der Waals surface area (Å²) in [5, 5.41) is 0. The Morgan fingerprint density at radius 1 is 1.47 bits per heavy atom. The van der Waals surface area contributed by atoms with Crippen LogP contribution in [-0.4, -0.2) is 29.2 Å². The van der Waals surface area contributed by atoms with Crippen molar-refractivity contribution in [2.75, 3.05) is 23.8 Å².